The Kier molecular flexibility index (Phi) is 3.79. The highest BCUT2D eigenvalue weighted by molar-refractivity contribution is 7.09. The summed E-state index contributed by atoms with van der Waals surface area (Å²) in [5.41, 5.74) is 1.20. The molecule has 1 aromatic carbocycles. The number of benzene rings is 1. The van der Waals surface area contributed by atoms with Crippen LogP contribution in [0, 0.1) is 5.41 Å². The Morgan fingerprint density at radius 1 is 1.11 bits per heavy atom. The molecule has 1 aromatic heterocycles. The second-order valence-electron chi connectivity index (χ2n) is 6.19. The third-order valence-corrected chi connectivity index (χ3v) is 4.58. The van der Waals surface area contributed by atoms with Gasteiger partial charge in [-0.2, -0.15) is 0 Å². The number of thiazole rings is 1. The molecule has 19 heavy (non-hydrogen) atoms. The van der Waals surface area contributed by atoms with Crippen molar-refractivity contribution < 1.29 is 5.11 Å². The summed E-state index contributed by atoms with van der Waals surface area (Å²) < 4.78 is 0. The van der Waals surface area contributed by atoms with E-state index in [9.17, 15) is 5.11 Å². The van der Waals surface area contributed by atoms with Gasteiger partial charge < -0.3 is 5.11 Å². The molecule has 2 nitrogen and oxygen atoms in total. The van der Waals surface area contributed by atoms with Gasteiger partial charge in [0.25, 0.3) is 0 Å². The zero-order valence-corrected chi connectivity index (χ0v) is 12.8. The molecule has 0 bridgehead atoms. The topological polar surface area (TPSA) is 33.1 Å². The lowest BCUT2D eigenvalue weighted by molar-refractivity contribution is -0.0405. The summed E-state index contributed by atoms with van der Waals surface area (Å²) in [6.07, 6.45) is 0.591. The quantitative estimate of drug-likeness (QED) is 0.913. The number of hydrogen-bond acceptors (Lipinski definition) is 3. The normalized spacial score (nSPS) is 15.2. The Morgan fingerprint density at radius 3 is 2.32 bits per heavy atom. The average molecular weight is 275 g/mol. The Hall–Kier alpha value is -1.19. The summed E-state index contributed by atoms with van der Waals surface area (Å²) in [5, 5.41) is 13.6. The summed E-state index contributed by atoms with van der Waals surface area (Å²) in [6.45, 7) is 8.05. The van der Waals surface area contributed by atoms with Crippen molar-refractivity contribution in [1.82, 2.24) is 4.98 Å². The third-order valence-electron chi connectivity index (χ3n) is 3.73. The second-order valence-corrected chi connectivity index (χ2v) is 7.14. The van der Waals surface area contributed by atoms with Crippen LogP contribution in [0.5, 0.6) is 0 Å². The molecule has 0 amide bonds. The second kappa shape index (κ2) is 5.06. The number of nitrogens with zero attached hydrogens (tertiary/aromatic N) is 1. The van der Waals surface area contributed by atoms with E-state index in [0.717, 1.165) is 16.3 Å². The van der Waals surface area contributed by atoms with Gasteiger partial charge in [-0.05, 0) is 12.3 Å². The van der Waals surface area contributed by atoms with Crippen LogP contribution in [0.25, 0.3) is 11.3 Å². The fourth-order valence-corrected chi connectivity index (χ4v) is 2.65. The molecule has 1 unspecified atom stereocenters. The minimum absolute atomic E-state index is 0.161. The van der Waals surface area contributed by atoms with E-state index in [1.165, 1.54) is 0 Å². The molecule has 102 valence electrons. The van der Waals surface area contributed by atoms with Gasteiger partial charge in [0.2, 0.25) is 0 Å². The molecule has 2 aromatic rings. The minimum atomic E-state index is -0.751. The Bertz CT molecular complexity index is 537. The van der Waals surface area contributed by atoms with Crippen molar-refractivity contribution in [3.8, 4) is 11.3 Å². The summed E-state index contributed by atoms with van der Waals surface area (Å²) in [7, 11) is 0. The predicted octanol–water partition coefficient (Wildman–Crippen LogP) is 4.15. The van der Waals surface area contributed by atoms with Gasteiger partial charge in [0.15, 0.2) is 0 Å². The number of aliphatic hydroxyl groups is 1. The predicted molar refractivity (Wildman–Crippen MR) is 81.3 cm³/mol. The molecular weight excluding hydrogens is 254 g/mol. The largest absolute Gasteiger partial charge is 0.389 e. The fourth-order valence-electron chi connectivity index (χ4n) is 1.69. The van der Waals surface area contributed by atoms with E-state index in [2.05, 4.69) is 43.3 Å². The maximum atomic E-state index is 10.6. The van der Waals surface area contributed by atoms with Crippen molar-refractivity contribution in [2.24, 2.45) is 5.41 Å². The van der Waals surface area contributed by atoms with Crippen LogP contribution in [0.1, 0.15) is 32.7 Å². The van der Waals surface area contributed by atoms with E-state index in [1.54, 1.807) is 11.3 Å². The van der Waals surface area contributed by atoms with Crippen LogP contribution in [-0.4, -0.2) is 15.7 Å². The van der Waals surface area contributed by atoms with Gasteiger partial charge in [-0.25, -0.2) is 4.98 Å². The molecule has 0 radical (unpaired) electrons. The van der Waals surface area contributed by atoms with Crippen LogP contribution in [0.3, 0.4) is 0 Å². The number of hydrogen-bond donors (Lipinski definition) is 1. The molecule has 0 saturated heterocycles. The van der Waals surface area contributed by atoms with Crippen molar-refractivity contribution >= 4 is 11.3 Å². The zero-order valence-electron chi connectivity index (χ0n) is 12.0. The Labute approximate surface area is 119 Å². The van der Waals surface area contributed by atoms with Gasteiger partial charge in [-0.15, -0.1) is 11.3 Å². The molecule has 3 heteroatoms. The van der Waals surface area contributed by atoms with Crippen molar-refractivity contribution in [3.05, 3.63) is 40.7 Å². The lowest BCUT2D eigenvalue weighted by atomic mass is 9.76. The lowest BCUT2D eigenvalue weighted by Gasteiger charge is -2.36. The van der Waals surface area contributed by atoms with E-state index in [1.807, 2.05) is 25.1 Å². The van der Waals surface area contributed by atoms with Gasteiger partial charge in [0.05, 0.1) is 16.3 Å². The van der Waals surface area contributed by atoms with Crippen molar-refractivity contribution in [1.29, 1.82) is 0 Å². The minimum Gasteiger partial charge on any atom is -0.389 e. The molecule has 0 spiro atoms. The number of rotatable bonds is 3. The number of aromatic nitrogens is 1. The first-order chi connectivity index (χ1) is 8.79. The van der Waals surface area contributed by atoms with E-state index in [4.69, 9.17) is 0 Å². The van der Waals surface area contributed by atoms with E-state index in [0.29, 0.717) is 6.42 Å². The molecule has 2 rings (SSSR count). The Balaban J connectivity index is 2.19. The standard InChI is InChI=1S/C16H21NOS/c1-15(2,3)16(4,18)10-14-17-13(11-19-14)12-8-6-5-7-9-12/h5-9,11,18H,10H2,1-4H3. The van der Waals surface area contributed by atoms with Gasteiger partial charge >= 0.3 is 0 Å². The van der Waals surface area contributed by atoms with Crippen LogP contribution in [0.15, 0.2) is 35.7 Å². The molecular formula is C16H21NOS. The summed E-state index contributed by atoms with van der Waals surface area (Å²) in [4.78, 5) is 4.64. The monoisotopic (exact) mass is 275 g/mol. The highest BCUT2D eigenvalue weighted by Crippen LogP contribution is 2.34. The van der Waals surface area contributed by atoms with Crippen molar-refractivity contribution in [2.75, 3.05) is 0 Å². The Morgan fingerprint density at radius 2 is 1.74 bits per heavy atom. The van der Waals surface area contributed by atoms with Crippen LogP contribution in [-0.2, 0) is 6.42 Å². The van der Waals surface area contributed by atoms with Crippen LogP contribution < -0.4 is 0 Å². The SMILES string of the molecule is CC(C)(C)C(C)(O)Cc1nc(-c2ccccc2)cs1. The van der Waals surface area contributed by atoms with Gasteiger partial charge in [-0.1, -0.05) is 51.1 Å². The molecule has 1 atom stereocenters. The van der Waals surface area contributed by atoms with Gasteiger partial charge in [-0.3, -0.25) is 0 Å². The smallest absolute Gasteiger partial charge is 0.0961 e. The van der Waals surface area contributed by atoms with Crippen molar-refractivity contribution in [2.45, 2.75) is 39.7 Å². The van der Waals surface area contributed by atoms with Crippen LogP contribution in [0.2, 0.25) is 0 Å². The molecule has 1 N–H and O–H groups in total. The first kappa shape index (κ1) is 14.2. The van der Waals surface area contributed by atoms with Crippen LogP contribution in [0.4, 0.5) is 0 Å². The molecule has 0 saturated carbocycles. The van der Waals surface area contributed by atoms with Crippen molar-refractivity contribution in [3.63, 3.8) is 0 Å². The molecule has 0 aliphatic carbocycles. The lowest BCUT2D eigenvalue weighted by Crippen LogP contribution is -2.41. The molecule has 0 aliphatic rings. The maximum Gasteiger partial charge on any atom is 0.0961 e. The third kappa shape index (κ3) is 3.23. The highest BCUT2D eigenvalue weighted by Gasteiger charge is 2.36. The fraction of sp³-hybridized carbons (Fsp3) is 0.438. The molecule has 1 heterocycles. The molecule has 0 fully saturated rings. The van der Waals surface area contributed by atoms with Gasteiger partial charge in [0, 0.05) is 17.4 Å². The van der Waals surface area contributed by atoms with E-state index >= 15 is 0 Å². The average Bonchev–Trinajstić information content (AvgIpc) is 2.76. The highest BCUT2D eigenvalue weighted by atomic mass is 32.1. The maximum absolute atomic E-state index is 10.6. The van der Waals surface area contributed by atoms with Gasteiger partial charge in [0.1, 0.15) is 0 Å². The van der Waals surface area contributed by atoms with E-state index in [-0.39, 0.29) is 5.41 Å². The summed E-state index contributed by atoms with van der Waals surface area (Å²) in [6, 6.07) is 10.1. The first-order valence-electron chi connectivity index (χ1n) is 6.52. The molecule has 0 aliphatic heterocycles. The van der Waals surface area contributed by atoms with Crippen LogP contribution >= 0.6 is 11.3 Å². The summed E-state index contributed by atoms with van der Waals surface area (Å²) >= 11 is 1.62. The summed E-state index contributed by atoms with van der Waals surface area (Å²) in [5.74, 6) is 0. The first-order valence-corrected chi connectivity index (χ1v) is 7.40. The zero-order chi connectivity index (χ0) is 14.1. The van der Waals surface area contributed by atoms with E-state index < -0.39 is 5.60 Å².